The molecule has 0 saturated carbocycles. The van der Waals surface area contributed by atoms with Gasteiger partial charge < -0.3 is 10.5 Å². The van der Waals surface area contributed by atoms with E-state index in [2.05, 4.69) is 4.74 Å². The van der Waals surface area contributed by atoms with E-state index in [9.17, 15) is 9.18 Å². The Labute approximate surface area is 88.0 Å². The van der Waals surface area contributed by atoms with Gasteiger partial charge in [0.05, 0.1) is 7.11 Å². The summed E-state index contributed by atoms with van der Waals surface area (Å²) in [5.74, 6) is -0.806. The van der Waals surface area contributed by atoms with Gasteiger partial charge in [0.25, 0.3) is 0 Å². The maximum atomic E-state index is 13.0. The second kappa shape index (κ2) is 4.89. The molecule has 0 radical (unpaired) electrons. The highest BCUT2D eigenvalue weighted by Crippen LogP contribution is 2.10. The zero-order valence-electron chi connectivity index (χ0n) is 8.79. The Morgan fingerprint density at radius 2 is 2.20 bits per heavy atom. The van der Waals surface area contributed by atoms with Crippen LogP contribution in [0.5, 0.6) is 0 Å². The average molecular weight is 211 g/mol. The number of rotatable bonds is 3. The lowest BCUT2D eigenvalue weighted by Crippen LogP contribution is -2.33. The molecule has 2 N–H and O–H groups in total. The summed E-state index contributed by atoms with van der Waals surface area (Å²) in [5.41, 5.74) is 7.07. The summed E-state index contributed by atoms with van der Waals surface area (Å²) in [5, 5.41) is 0. The van der Waals surface area contributed by atoms with Crippen LogP contribution in [0.4, 0.5) is 4.39 Å². The molecule has 0 aliphatic rings. The summed E-state index contributed by atoms with van der Waals surface area (Å²) < 4.78 is 17.5. The van der Waals surface area contributed by atoms with Gasteiger partial charge in [0.1, 0.15) is 11.9 Å². The number of carbonyl (C=O) groups is 1. The minimum atomic E-state index is -0.740. The van der Waals surface area contributed by atoms with E-state index in [1.54, 1.807) is 13.0 Å². The van der Waals surface area contributed by atoms with Crippen LogP contribution >= 0.6 is 0 Å². The van der Waals surface area contributed by atoms with Crippen molar-refractivity contribution in [1.82, 2.24) is 0 Å². The number of ether oxygens (including phenoxy) is 1. The third kappa shape index (κ3) is 3.32. The number of carbonyl (C=O) groups excluding carboxylic acids is 1. The third-order valence-corrected chi connectivity index (χ3v) is 2.06. The summed E-state index contributed by atoms with van der Waals surface area (Å²) in [6.45, 7) is 1.79. The van der Waals surface area contributed by atoms with E-state index < -0.39 is 12.0 Å². The Morgan fingerprint density at radius 3 is 2.73 bits per heavy atom. The lowest BCUT2D eigenvalue weighted by atomic mass is 10.0. The molecule has 0 bridgehead atoms. The van der Waals surface area contributed by atoms with Crippen molar-refractivity contribution in [2.75, 3.05) is 7.11 Å². The predicted molar refractivity (Wildman–Crippen MR) is 54.8 cm³/mol. The molecule has 4 heteroatoms. The van der Waals surface area contributed by atoms with Crippen molar-refractivity contribution in [3.63, 3.8) is 0 Å². The number of methoxy groups -OCH3 is 1. The smallest absolute Gasteiger partial charge is 0.322 e. The van der Waals surface area contributed by atoms with E-state index >= 15 is 0 Å². The fourth-order valence-electron chi connectivity index (χ4n) is 1.42. The van der Waals surface area contributed by atoms with Gasteiger partial charge in [-0.25, -0.2) is 4.39 Å². The third-order valence-electron chi connectivity index (χ3n) is 2.06. The van der Waals surface area contributed by atoms with Crippen molar-refractivity contribution in [1.29, 1.82) is 0 Å². The number of halogens is 1. The molecule has 0 saturated heterocycles. The van der Waals surface area contributed by atoms with Gasteiger partial charge in [-0.3, -0.25) is 4.79 Å². The van der Waals surface area contributed by atoms with E-state index in [0.29, 0.717) is 5.56 Å². The number of benzene rings is 1. The molecule has 1 unspecified atom stereocenters. The quantitative estimate of drug-likeness (QED) is 0.764. The van der Waals surface area contributed by atoms with Crippen LogP contribution in [0.15, 0.2) is 18.2 Å². The minimum absolute atomic E-state index is 0.283. The molecular formula is C11H14FNO2. The number of hydrogen-bond donors (Lipinski definition) is 1. The minimum Gasteiger partial charge on any atom is -0.468 e. The Hall–Kier alpha value is -1.42. The molecule has 82 valence electrons. The Bertz CT molecular complexity index is 345. The molecule has 0 aliphatic carbocycles. The second-order valence-electron chi connectivity index (χ2n) is 3.47. The van der Waals surface area contributed by atoms with Crippen molar-refractivity contribution >= 4 is 5.97 Å². The second-order valence-corrected chi connectivity index (χ2v) is 3.47. The lowest BCUT2D eigenvalue weighted by molar-refractivity contribution is -0.142. The summed E-state index contributed by atoms with van der Waals surface area (Å²) >= 11 is 0. The van der Waals surface area contributed by atoms with Crippen molar-refractivity contribution in [2.24, 2.45) is 5.73 Å². The highest BCUT2D eigenvalue weighted by Gasteiger charge is 2.14. The average Bonchev–Trinajstić information content (AvgIpc) is 2.14. The summed E-state index contributed by atoms with van der Waals surface area (Å²) in [6, 6.07) is 3.85. The van der Waals surface area contributed by atoms with Crippen LogP contribution in [0.2, 0.25) is 0 Å². The number of esters is 1. The van der Waals surface area contributed by atoms with Crippen LogP contribution in [0.3, 0.4) is 0 Å². The molecule has 0 heterocycles. The van der Waals surface area contributed by atoms with Gasteiger partial charge in [0, 0.05) is 0 Å². The standard InChI is InChI=1S/C11H14FNO2/c1-7-3-8(5-9(12)4-7)6-10(13)11(14)15-2/h3-5,10H,6,13H2,1-2H3. The first-order valence-corrected chi connectivity index (χ1v) is 4.62. The fraction of sp³-hybridized carbons (Fsp3) is 0.364. The molecule has 0 amide bonds. The Balaban J connectivity index is 2.76. The molecule has 0 spiro atoms. The highest BCUT2D eigenvalue weighted by molar-refractivity contribution is 5.75. The van der Waals surface area contributed by atoms with Crippen molar-refractivity contribution in [2.45, 2.75) is 19.4 Å². The predicted octanol–water partition coefficient (Wildman–Crippen LogP) is 1.18. The number of hydrogen-bond acceptors (Lipinski definition) is 3. The van der Waals surface area contributed by atoms with Crippen molar-refractivity contribution in [3.8, 4) is 0 Å². The van der Waals surface area contributed by atoms with Gasteiger partial charge in [-0.05, 0) is 36.6 Å². The van der Waals surface area contributed by atoms with Crippen LogP contribution in [-0.2, 0) is 16.0 Å². The molecule has 1 aromatic carbocycles. The van der Waals surface area contributed by atoms with Crippen molar-refractivity contribution in [3.05, 3.63) is 35.1 Å². The summed E-state index contributed by atoms with van der Waals surface area (Å²) in [4.78, 5) is 11.0. The topological polar surface area (TPSA) is 52.3 Å². The molecule has 0 fully saturated rings. The fourth-order valence-corrected chi connectivity index (χ4v) is 1.42. The van der Waals surface area contributed by atoms with E-state index in [1.165, 1.54) is 19.2 Å². The maximum Gasteiger partial charge on any atom is 0.322 e. The van der Waals surface area contributed by atoms with E-state index in [4.69, 9.17) is 5.73 Å². The maximum absolute atomic E-state index is 13.0. The molecule has 0 aromatic heterocycles. The first kappa shape index (κ1) is 11.7. The Morgan fingerprint density at radius 1 is 1.53 bits per heavy atom. The zero-order valence-corrected chi connectivity index (χ0v) is 8.79. The van der Waals surface area contributed by atoms with Gasteiger partial charge >= 0.3 is 5.97 Å². The van der Waals surface area contributed by atoms with Crippen LogP contribution in [-0.4, -0.2) is 19.1 Å². The molecule has 1 atom stereocenters. The summed E-state index contributed by atoms with van der Waals surface area (Å²) in [6.07, 6.45) is 0.283. The van der Waals surface area contributed by atoms with Gasteiger partial charge in [-0.1, -0.05) is 6.07 Å². The monoisotopic (exact) mass is 211 g/mol. The molecular weight excluding hydrogens is 197 g/mol. The normalized spacial score (nSPS) is 12.3. The van der Waals surface area contributed by atoms with E-state index in [-0.39, 0.29) is 12.2 Å². The molecule has 1 aromatic rings. The van der Waals surface area contributed by atoms with Crippen molar-refractivity contribution < 1.29 is 13.9 Å². The molecule has 0 aliphatic heterocycles. The van der Waals surface area contributed by atoms with Crippen LogP contribution in [0.1, 0.15) is 11.1 Å². The van der Waals surface area contributed by atoms with Gasteiger partial charge in [0.2, 0.25) is 0 Å². The lowest BCUT2D eigenvalue weighted by Gasteiger charge is -2.09. The van der Waals surface area contributed by atoms with Gasteiger partial charge in [0.15, 0.2) is 0 Å². The Kier molecular flexibility index (Phi) is 3.80. The molecule has 15 heavy (non-hydrogen) atoms. The first-order valence-electron chi connectivity index (χ1n) is 4.62. The van der Waals surface area contributed by atoms with E-state index in [1.807, 2.05) is 0 Å². The van der Waals surface area contributed by atoms with Gasteiger partial charge in [-0.2, -0.15) is 0 Å². The van der Waals surface area contributed by atoms with Crippen LogP contribution < -0.4 is 5.73 Å². The van der Waals surface area contributed by atoms with Crippen LogP contribution in [0, 0.1) is 12.7 Å². The molecule has 3 nitrogen and oxygen atoms in total. The highest BCUT2D eigenvalue weighted by atomic mass is 19.1. The largest absolute Gasteiger partial charge is 0.468 e. The van der Waals surface area contributed by atoms with E-state index in [0.717, 1.165) is 5.56 Å². The summed E-state index contributed by atoms with van der Waals surface area (Å²) in [7, 11) is 1.28. The molecule has 1 rings (SSSR count). The zero-order chi connectivity index (χ0) is 11.4. The van der Waals surface area contributed by atoms with Gasteiger partial charge in [-0.15, -0.1) is 0 Å². The number of nitrogens with two attached hydrogens (primary N) is 1. The van der Waals surface area contributed by atoms with Crippen LogP contribution in [0.25, 0.3) is 0 Å². The number of aryl methyl sites for hydroxylation is 1. The SMILES string of the molecule is COC(=O)C(N)Cc1cc(C)cc(F)c1. The first-order chi connectivity index (χ1) is 7.02.